The Morgan fingerprint density at radius 2 is 2.20 bits per heavy atom. The number of halogens is 1. The van der Waals surface area contributed by atoms with E-state index in [0.29, 0.717) is 27.8 Å². The molecule has 8 heteroatoms. The maximum atomic E-state index is 13.8. The Morgan fingerprint density at radius 3 is 2.84 bits per heavy atom. The number of thiazole rings is 1. The van der Waals surface area contributed by atoms with Gasteiger partial charge in [0, 0.05) is 16.5 Å². The topological polar surface area (TPSA) is 77.2 Å². The summed E-state index contributed by atoms with van der Waals surface area (Å²) >= 11 is 1.27. The van der Waals surface area contributed by atoms with E-state index in [0.717, 1.165) is 5.56 Å². The van der Waals surface area contributed by atoms with E-state index in [1.807, 2.05) is 0 Å². The van der Waals surface area contributed by atoms with E-state index in [4.69, 9.17) is 9.26 Å². The summed E-state index contributed by atoms with van der Waals surface area (Å²) in [6.45, 7) is 3.56. The molecule has 0 unspecified atom stereocenters. The van der Waals surface area contributed by atoms with E-state index in [9.17, 15) is 9.18 Å². The summed E-state index contributed by atoms with van der Waals surface area (Å²) in [4.78, 5) is 16.5. The molecule has 130 valence electrons. The lowest BCUT2D eigenvalue weighted by molar-refractivity contribution is -0.115. The molecule has 6 nitrogen and oxygen atoms in total. The van der Waals surface area contributed by atoms with Gasteiger partial charge in [0.2, 0.25) is 5.91 Å². The molecular formula is C17H16FN3O3S. The Hall–Kier alpha value is -2.74. The van der Waals surface area contributed by atoms with Crippen LogP contribution in [0.15, 0.2) is 28.1 Å². The summed E-state index contributed by atoms with van der Waals surface area (Å²) in [7, 11) is 1.41. The molecular weight excluding hydrogens is 345 g/mol. The largest absolute Gasteiger partial charge is 0.494 e. The maximum Gasteiger partial charge on any atom is 0.230 e. The van der Waals surface area contributed by atoms with Gasteiger partial charge in [0.05, 0.1) is 24.9 Å². The van der Waals surface area contributed by atoms with Gasteiger partial charge in [0.1, 0.15) is 5.76 Å². The Bertz CT molecular complexity index is 900. The van der Waals surface area contributed by atoms with Crippen LogP contribution < -0.4 is 10.1 Å². The molecule has 25 heavy (non-hydrogen) atoms. The van der Waals surface area contributed by atoms with Crippen molar-refractivity contribution >= 4 is 22.4 Å². The number of hydrogen-bond acceptors (Lipinski definition) is 6. The third-order valence-corrected chi connectivity index (χ3v) is 4.47. The molecule has 2 heterocycles. The number of amides is 1. The Morgan fingerprint density at radius 1 is 1.40 bits per heavy atom. The lowest BCUT2D eigenvalue weighted by Gasteiger charge is -2.03. The zero-order valence-corrected chi connectivity index (χ0v) is 14.7. The van der Waals surface area contributed by atoms with E-state index >= 15 is 0 Å². The molecule has 0 fully saturated rings. The van der Waals surface area contributed by atoms with Crippen LogP contribution in [-0.2, 0) is 11.2 Å². The van der Waals surface area contributed by atoms with Crippen LogP contribution >= 0.6 is 11.3 Å². The van der Waals surface area contributed by atoms with Crippen LogP contribution in [0.1, 0.15) is 17.0 Å². The Labute approximate surface area is 147 Å². The lowest BCUT2D eigenvalue weighted by atomic mass is 10.1. The van der Waals surface area contributed by atoms with Crippen molar-refractivity contribution < 1.29 is 18.4 Å². The van der Waals surface area contributed by atoms with Crippen molar-refractivity contribution in [2.45, 2.75) is 20.3 Å². The first kappa shape index (κ1) is 17.1. The number of benzene rings is 1. The Balaban J connectivity index is 1.71. The molecule has 1 N–H and O–H groups in total. The summed E-state index contributed by atoms with van der Waals surface area (Å²) in [5, 5.41) is 8.78. The number of aromatic nitrogens is 2. The van der Waals surface area contributed by atoms with Crippen molar-refractivity contribution in [1.82, 2.24) is 10.1 Å². The van der Waals surface area contributed by atoms with Crippen LogP contribution in [0.2, 0.25) is 0 Å². The molecule has 2 aromatic heterocycles. The Kier molecular flexibility index (Phi) is 4.80. The smallest absolute Gasteiger partial charge is 0.230 e. The minimum Gasteiger partial charge on any atom is -0.494 e. The first-order valence-electron chi connectivity index (χ1n) is 7.49. The molecule has 3 rings (SSSR count). The second kappa shape index (κ2) is 7.02. The molecule has 0 aliphatic heterocycles. The molecule has 0 bridgehead atoms. The maximum absolute atomic E-state index is 13.8. The third kappa shape index (κ3) is 3.69. The van der Waals surface area contributed by atoms with Crippen molar-refractivity contribution in [3.05, 3.63) is 46.4 Å². The number of hydrogen-bond donors (Lipinski definition) is 1. The molecule has 0 saturated carbocycles. The standard InChI is InChI=1S/C17H16FN3O3S/c1-9-12(10(2)24-21-9)7-16(22)20-17-19-14(8-25-17)11-4-5-15(23-3)13(18)6-11/h4-6,8H,7H2,1-3H3,(H,19,20,22). The van der Waals surface area contributed by atoms with E-state index in [1.165, 1.54) is 24.5 Å². The highest BCUT2D eigenvalue weighted by Crippen LogP contribution is 2.28. The number of nitrogens with zero attached hydrogens (tertiary/aromatic N) is 2. The van der Waals surface area contributed by atoms with Gasteiger partial charge in [-0.15, -0.1) is 11.3 Å². The van der Waals surface area contributed by atoms with Gasteiger partial charge in [-0.05, 0) is 32.0 Å². The van der Waals surface area contributed by atoms with Crippen LogP contribution in [0.5, 0.6) is 5.75 Å². The average Bonchev–Trinajstić information content (AvgIpc) is 3.16. The summed E-state index contributed by atoms with van der Waals surface area (Å²) in [5.41, 5.74) is 2.66. The number of rotatable bonds is 5. The predicted octanol–water partition coefficient (Wildman–Crippen LogP) is 3.74. The van der Waals surface area contributed by atoms with E-state index in [2.05, 4.69) is 15.5 Å². The second-order valence-corrected chi connectivity index (χ2v) is 6.27. The quantitative estimate of drug-likeness (QED) is 0.749. The number of carbonyl (C=O) groups is 1. The SMILES string of the molecule is COc1ccc(-c2csc(NC(=O)Cc3c(C)noc3C)n2)cc1F. The molecule has 0 spiro atoms. The van der Waals surface area contributed by atoms with Gasteiger partial charge < -0.3 is 14.6 Å². The molecule has 1 amide bonds. The normalized spacial score (nSPS) is 10.7. The van der Waals surface area contributed by atoms with Gasteiger partial charge in [0.15, 0.2) is 16.7 Å². The predicted molar refractivity (Wildman–Crippen MR) is 92.4 cm³/mol. The summed E-state index contributed by atoms with van der Waals surface area (Å²) in [6.07, 6.45) is 0.160. The molecule has 0 saturated heterocycles. The molecule has 0 aliphatic rings. The second-order valence-electron chi connectivity index (χ2n) is 5.41. The van der Waals surface area contributed by atoms with Gasteiger partial charge in [-0.25, -0.2) is 9.37 Å². The zero-order valence-electron chi connectivity index (χ0n) is 13.9. The first-order valence-corrected chi connectivity index (χ1v) is 8.37. The fourth-order valence-corrected chi connectivity index (χ4v) is 3.10. The van der Waals surface area contributed by atoms with Crippen molar-refractivity contribution in [3.8, 4) is 17.0 Å². The highest BCUT2D eigenvalue weighted by Gasteiger charge is 2.15. The zero-order chi connectivity index (χ0) is 18.0. The van der Waals surface area contributed by atoms with E-state index < -0.39 is 5.82 Å². The van der Waals surface area contributed by atoms with Crippen LogP contribution in [0, 0.1) is 19.7 Å². The summed E-state index contributed by atoms with van der Waals surface area (Å²) in [6, 6.07) is 4.61. The first-order chi connectivity index (χ1) is 12.0. The number of methoxy groups -OCH3 is 1. The lowest BCUT2D eigenvalue weighted by Crippen LogP contribution is -2.15. The molecule has 1 aromatic carbocycles. The highest BCUT2D eigenvalue weighted by molar-refractivity contribution is 7.14. The number of anilines is 1. The van der Waals surface area contributed by atoms with Crippen molar-refractivity contribution in [1.29, 1.82) is 0 Å². The van der Waals surface area contributed by atoms with Crippen LogP contribution in [0.3, 0.4) is 0 Å². The minimum atomic E-state index is -0.461. The fraction of sp³-hybridized carbons (Fsp3) is 0.235. The number of nitrogens with one attached hydrogen (secondary N) is 1. The van der Waals surface area contributed by atoms with Crippen molar-refractivity contribution in [3.63, 3.8) is 0 Å². The van der Waals surface area contributed by atoms with Gasteiger partial charge >= 0.3 is 0 Å². The van der Waals surface area contributed by atoms with Crippen molar-refractivity contribution in [2.75, 3.05) is 12.4 Å². The van der Waals surface area contributed by atoms with Gasteiger partial charge in [-0.1, -0.05) is 5.16 Å². The van der Waals surface area contributed by atoms with Crippen LogP contribution in [0.25, 0.3) is 11.3 Å². The fourth-order valence-electron chi connectivity index (χ4n) is 2.37. The molecule has 3 aromatic rings. The number of carbonyl (C=O) groups excluding carboxylic acids is 1. The van der Waals surface area contributed by atoms with Crippen molar-refractivity contribution in [2.24, 2.45) is 0 Å². The molecule has 0 aliphatic carbocycles. The number of aryl methyl sites for hydroxylation is 2. The third-order valence-electron chi connectivity index (χ3n) is 3.72. The van der Waals surface area contributed by atoms with Gasteiger partial charge in [-0.3, -0.25) is 4.79 Å². The van der Waals surface area contributed by atoms with Crippen LogP contribution in [-0.4, -0.2) is 23.2 Å². The van der Waals surface area contributed by atoms with Gasteiger partial charge in [0.25, 0.3) is 0 Å². The van der Waals surface area contributed by atoms with E-state index in [-0.39, 0.29) is 18.1 Å². The van der Waals surface area contributed by atoms with Crippen LogP contribution in [0.4, 0.5) is 9.52 Å². The number of ether oxygens (including phenoxy) is 1. The average molecular weight is 361 g/mol. The molecule has 0 atom stereocenters. The molecule has 0 radical (unpaired) electrons. The summed E-state index contributed by atoms with van der Waals surface area (Å²) < 4.78 is 23.8. The van der Waals surface area contributed by atoms with E-state index in [1.54, 1.807) is 31.4 Å². The highest BCUT2D eigenvalue weighted by atomic mass is 32.1. The monoisotopic (exact) mass is 361 g/mol. The summed E-state index contributed by atoms with van der Waals surface area (Å²) in [5.74, 6) is 0.126. The minimum absolute atomic E-state index is 0.160. The van der Waals surface area contributed by atoms with Gasteiger partial charge in [-0.2, -0.15) is 0 Å².